The molecule has 2 rings (SSSR count). The first-order valence-corrected chi connectivity index (χ1v) is 7.01. The summed E-state index contributed by atoms with van der Waals surface area (Å²) in [6, 6.07) is 0.745. The number of hydrogen-bond donors (Lipinski definition) is 3. The van der Waals surface area contributed by atoms with Crippen LogP contribution in [0.3, 0.4) is 0 Å². The summed E-state index contributed by atoms with van der Waals surface area (Å²) < 4.78 is 0. The Hall–Kier alpha value is -1.41. The molecule has 2 heterocycles. The van der Waals surface area contributed by atoms with Gasteiger partial charge in [-0.3, -0.25) is 14.5 Å². The fourth-order valence-corrected chi connectivity index (χ4v) is 2.47. The Morgan fingerprint density at radius 1 is 1.52 bits per heavy atom. The predicted octanol–water partition coefficient (Wildman–Crippen LogP) is 0.685. The number of halogens is 2. The summed E-state index contributed by atoms with van der Waals surface area (Å²) in [5.74, 6) is -1.13. The van der Waals surface area contributed by atoms with Crippen LogP contribution >= 0.6 is 23.2 Å². The highest BCUT2D eigenvalue weighted by Gasteiger charge is 2.29. The molecular weight excluding hydrogens is 319 g/mol. The van der Waals surface area contributed by atoms with E-state index in [0.717, 1.165) is 0 Å². The molecule has 1 atom stereocenters. The average Bonchev–Trinajstić information content (AvgIpc) is 2.42. The Labute approximate surface area is 131 Å². The van der Waals surface area contributed by atoms with E-state index in [9.17, 15) is 9.59 Å². The normalized spacial score (nSPS) is 19.2. The molecule has 1 aliphatic rings. The van der Waals surface area contributed by atoms with Gasteiger partial charge < -0.3 is 15.7 Å². The molecule has 0 saturated carbocycles. The first-order valence-electron chi connectivity index (χ1n) is 6.26. The largest absolute Gasteiger partial charge is 0.480 e. The zero-order chi connectivity index (χ0) is 15.4. The highest BCUT2D eigenvalue weighted by Crippen LogP contribution is 2.22. The molecule has 1 fully saturated rings. The van der Waals surface area contributed by atoms with Gasteiger partial charge >= 0.3 is 5.97 Å². The van der Waals surface area contributed by atoms with Crippen molar-refractivity contribution >= 4 is 40.9 Å². The van der Waals surface area contributed by atoms with Gasteiger partial charge in [-0.2, -0.15) is 0 Å². The Kier molecular flexibility index (Phi) is 5.35. The number of carboxylic acid groups (broad SMARTS) is 1. The quantitative estimate of drug-likeness (QED) is 0.750. The molecule has 7 nitrogen and oxygen atoms in total. The molecule has 3 N–H and O–H groups in total. The number of piperazine rings is 1. The lowest BCUT2D eigenvalue weighted by molar-refractivity contribution is -0.144. The lowest BCUT2D eigenvalue weighted by atomic mass is 10.2. The van der Waals surface area contributed by atoms with E-state index in [2.05, 4.69) is 15.6 Å². The fraction of sp³-hybridized carbons (Fsp3) is 0.417. The molecule has 0 aliphatic carbocycles. The minimum Gasteiger partial charge on any atom is -0.480 e. The molecule has 0 spiro atoms. The number of rotatable bonds is 4. The van der Waals surface area contributed by atoms with E-state index in [0.29, 0.717) is 24.7 Å². The van der Waals surface area contributed by atoms with E-state index < -0.39 is 12.0 Å². The number of hydrogen-bond acceptors (Lipinski definition) is 5. The van der Waals surface area contributed by atoms with Crippen molar-refractivity contribution in [1.29, 1.82) is 0 Å². The Bertz CT molecular complexity index is 555. The van der Waals surface area contributed by atoms with Crippen LogP contribution in [0.15, 0.2) is 12.3 Å². The molecule has 21 heavy (non-hydrogen) atoms. The van der Waals surface area contributed by atoms with Crippen LogP contribution in [0, 0.1) is 0 Å². The van der Waals surface area contributed by atoms with Gasteiger partial charge in [-0.05, 0) is 6.07 Å². The summed E-state index contributed by atoms with van der Waals surface area (Å²) in [6.45, 7) is 1.38. The number of nitrogens with one attached hydrogen (secondary N) is 2. The Morgan fingerprint density at radius 3 is 2.95 bits per heavy atom. The van der Waals surface area contributed by atoms with Gasteiger partial charge in [-0.1, -0.05) is 23.2 Å². The van der Waals surface area contributed by atoms with Crippen LogP contribution in [0.4, 0.5) is 5.82 Å². The molecule has 1 aromatic heterocycles. The van der Waals surface area contributed by atoms with Gasteiger partial charge in [0.25, 0.3) is 0 Å². The van der Waals surface area contributed by atoms with Crippen molar-refractivity contribution in [3.05, 3.63) is 22.3 Å². The van der Waals surface area contributed by atoms with Gasteiger partial charge in [0.15, 0.2) is 5.82 Å². The zero-order valence-corrected chi connectivity index (χ0v) is 12.5. The van der Waals surface area contributed by atoms with Gasteiger partial charge in [0.2, 0.25) is 5.91 Å². The maximum atomic E-state index is 12.0. The second-order valence-corrected chi connectivity index (χ2v) is 5.40. The standard InChI is InChI=1S/C12H14Cl2N4O3/c13-7-3-8(14)11(16-4-7)17-10(19)6-18-2-1-15-5-9(18)12(20)21/h3-4,9,15H,1-2,5-6H2,(H,20,21)(H,16,17,19). The second kappa shape index (κ2) is 7.04. The van der Waals surface area contributed by atoms with E-state index in [1.54, 1.807) is 4.90 Å². The van der Waals surface area contributed by atoms with Gasteiger partial charge in [-0.25, -0.2) is 4.98 Å². The molecule has 1 amide bonds. The number of amides is 1. The number of nitrogens with zero attached hydrogens (tertiary/aromatic N) is 2. The minimum absolute atomic E-state index is 0.0424. The molecule has 9 heteroatoms. The third-order valence-electron chi connectivity index (χ3n) is 3.05. The zero-order valence-electron chi connectivity index (χ0n) is 11.0. The van der Waals surface area contributed by atoms with Crippen LogP contribution in [0.25, 0.3) is 0 Å². The van der Waals surface area contributed by atoms with E-state index in [1.165, 1.54) is 12.3 Å². The number of anilines is 1. The molecule has 1 unspecified atom stereocenters. The van der Waals surface area contributed by atoms with Gasteiger partial charge in [0, 0.05) is 25.8 Å². The van der Waals surface area contributed by atoms with Crippen molar-refractivity contribution in [3.8, 4) is 0 Å². The van der Waals surface area contributed by atoms with E-state index in [-0.39, 0.29) is 23.3 Å². The van der Waals surface area contributed by atoms with Gasteiger partial charge in [-0.15, -0.1) is 0 Å². The number of carbonyl (C=O) groups is 2. The van der Waals surface area contributed by atoms with Crippen molar-refractivity contribution in [2.75, 3.05) is 31.5 Å². The Morgan fingerprint density at radius 2 is 2.29 bits per heavy atom. The third-order valence-corrected chi connectivity index (χ3v) is 3.55. The number of carboxylic acids is 1. The molecule has 1 aromatic rings. The number of carbonyl (C=O) groups excluding carboxylic acids is 1. The lowest BCUT2D eigenvalue weighted by Gasteiger charge is -2.32. The smallest absolute Gasteiger partial charge is 0.322 e. The predicted molar refractivity (Wildman–Crippen MR) is 78.8 cm³/mol. The minimum atomic E-state index is -0.961. The second-order valence-electron chi connectivity index (χ2n) is 4.56. The Balaban J connectivity index is 1.98. The monoisotopic (exact) mass is 332 g/mol. The molecule has 114 valence electrons. The summed E-state index contributed by atoms with van der Waals surface area (Å²) in [6.07, 6.45) is 1.37. The van der Waals surface area contributed by atoms with Gasteiger partial charge in [0.1, 0.15) is 6.04 Å². The van der Waals surface area contributed by atoms with E-state index in [1.807, 2.05) is 0 Å². The fourth-order valence-electron chi connectivity index (χ4n) is 2.04. The number of pyridine rings is 1. The van der Waals surface area contributed by atoms with Crippen molar-refractivity contribution in [3.63, 3.8) is 0 Å². The van der Waals surface area contributed by atoms with Crippen molar-refractivity contribution in [2.45, 2.75) is 6.04 Å². The molecular formula is C12H14Cl2N4O3. The average molecular weight is 333 g/mol. The maximum Gasteiger partial charge on any atom is 0.322 e. The maximum absolute atomic E-state index is 12.0. The topological polar surface area (TPSA) is 94.6 Å². The number of aromatic nitrogens is 1. The summed E-state index contributed by atoms with van der Waals surface area (Å²) in [5.41, 5.74) is 0. The summed E-state index contributed by atoms with van der Waals surface area (Å²) in [7, 11) is 0. The van der Waals surface area contributed by atoms with Crippen molar-refractivity contribution < 1.29 is 14.7 Å². The summed E-state index contributed by atoms with van der Waals surface area (Å²) in [5, 5.41) is 15.2. The lowest BCUT2D eigenvalue weighted by Crippen LogP contribution is -2.56. The van der Waals surface area contributed by atoms with Crippen LogP contribution in [-0.4, -0.2) is 59.1 Å². The summed E-state index contributed by atoms with van der Waals surface area (Å²) in [4.78, 5) is 28.6. The number of aliphatic carboxylic acids is 1. The first kappa shape index (κ1) is 16.0. The first-order chi connectivity index (χ1) is 9.97. The third kappa shape index (κ3) is 4.28. The van der Waals surface area contributed by atoms with Crippen molar-refractivity contribution in [2.24, 2.45) is 0 Å². The van der Waals surface area contributed by atoms with Crippen LogP contribution in [0.1, 0.15) is 0 Å². The van der Waals surface area contributed by atoms with Gasteiger partial charge in [0.05, 0.1) is 16.6 Å². The van der Waals surface area contributed by atoms with E-state index in [4.69, 9.17) is 28.3 Å². The highest BCUT2D eigenvalue weighted by molar-refractivity contribution is 6.36. The molecule has 0 bridgehead atoms. The SMILES string of the molecule is O=C(CN1CCNCC1C(=O)O)Nc1ncc(Cl)cc1Cl. The van der Waals surface area contributed by atoms with Crippen LogP contribution in [-0.2, 0) is 9.59 Å². The van der Waals surface area contributed by atoms with Crippen LogP contribution < -0.4 is 10.6 Å². The molecule has 0 aromatic carbocycles. The van der Waals surface area contributed by atoms with E-state index >= 15 is 0 Å². The molecule has 1 saturated heterocycles. The molecule has 1 aliphatic heterocycles. The molecule has 0 radical (unpaired) electrons. The van der Waals surface area contributed by atoms with Crippen LogP contribution in [0.2, 0.25) is 10.0 Å². The highest BCUT2D eigenvalue weighted by atomic mass is 35.5. The summed E-state index contributed by atoms with van der Waals surface area (Å²) >= 11 is 11.6. The van der Waals surface area contributed by atoms with Crippen molar-refractivity contribution in [1.82, 2.24) is 15.2 Å². The van der Waals surface area contributed by atoms with Crippen LogP contribution in [0.5, 0.6) is 0 Å².